The van der Waals surface area contributed by atoms with E-state index in [-0.39, 0.29) is 23.1 Å². The Morgan fingerprint density at radius 1 is 0.357 bits per heavy atom. The molecule has 0 aliphatic carbocycles. The maximum Gasteiger partial charge on any atom is 0.142 e. The van der Waals surface area contributed by atoms with Crippen LogP contribution in [-0.4, -0.2) is 46.1 Å². The minimum absolute atomic E-state index is 0.244. The van der Waals surface area contributed by atoms with Crippen molar-refractivity contribution >= 4 is 46.7 Å². The molecule has 0 N–H and O–H groups in total. The third kappa shape index (κ3) is 15.3. The summed E-state index contributed by atoms with van der Waals surface area (Å²) in [5.74, 6) is 2.78. The molecule has 0 unspecified atom stereocenters. The first-order chi connectivity index (χ1) is 13.6. The lowest BCUT2D eigenvalue weighted by atomic mass is 10.1. The van der Waals surface area contributed by atoms with E-state index in [9.17, 15) is 19.2 Å². The predicted octanol–water partition coefficient (Wildman–Crippen LogP) is 5.20. The van der Waals surface area contributed by atoms with Gasteiger partial charge in [0.05, 0.1) is 23.0 Å². The zero-order chi connectivity index (χ0) is 20.5. The topological polar surface area (TPSA) is 68.3 Å². The van der Waals surface area contributed by atoms with Crippen molar-refractivity contribution < 1.29 is 19.2 Å². The van der Waals surface area contributed by atoms with E-state index in [1.807, 2.05) is 0 Å². The monoisotopic (exact) mass is 428 g/mol. The molecule has 0 atom stereocenters. The molecule has 28 heavy (non-hydrogen) atoms. The molecule has 1 rings (SSSR count). The normalized spacial score (nSPS) is 22.6. The lowest BCUT2D eigenvalue weighted by Gasteiger charge is -2.05. The second-order valence-corrected chi connectivity index (χ2v) is 9.65. The van der Waals surface area contributed by atoms with E-state index in [0.717, 1.165) is 64.2 Å². The Balaban J connectivity index is 2.29. The van der Waals surface area contributed by atoms with Crippen LogP contribution in [0, 0.1) is 0 Å². The summed E-state index contributed by atoms with van der Waals surface area (Å²) < 4.78 is 0. The first kappa shape index (κ1) is 25.4. The zero-order valence-electron chi connectivity index (χ0n) is 17.2. The molecule has 6 heteroatoms. The number of carbonyl (C=O) groups excluding carboxylic acids is 4. The zero-order valence-corrected chi connectivity index (χ0v) is 18.8. The van der Waals surface area contributed by atoms with Gasteiger partial charge >= 0.3 is 0 Å². The first-order valence-electron chi connectivity index (χ1n) is 10.8. The fourth-order valence-electron chi connectivity index (χ4n) is 3.20. The fourth-order valence-corrected chi connectivity index (χ4v) is 4.89. The van der Waals surface area contributed by atoms with Crippen LogP contribution in [0.5, 0.6) is 0 Å². The summed E-state index contributed by atoms with van der Waals surface area (Å²) in [5.41, 5.74) is 0. The number of Topliss-reactive ketones (excluding diaryl/α,β-unsaturated/α-hetero) is 4. The second-order valence-electron chi connectivity index (χ2n) is 7.68. The van der Waals surface area contributed by atoms with Gasteiger partial charge in [-0.05, 0) is 25.7 Å². The summed E-state index contributed by atoms with van der Waals surface area (Å²) in [6.07, 6.45) is 12.2. The maximum absolute atomic E-state index is 11.9. The molecule has 0 saturated carbocycles. The van der Waals surface area contributed by atoms with Crippen LogP contribution in [-0.2, 0) is 19.2 Å². The summed E-state index contributed by atoms with van der Waals surface area (Å²) in [5, 5.41) is 0. The van der Waals surface area contributed by atoms with E-state index in [2.05, 4.69) is 0 Å². The molecule has 1 fully saturated rings. The highest BCUT2D eigenvalue weighted by Gasteiger charge is 2.08. The molecule has 1 saturated heterocycles. The molecule has 160 valence electrons. The number of hydrogen-bond donors (Lipinski definition) is 0. The van der Waals surface area contributed by atoms with Crippen LogP contribution in [0.15, 0.2) is 0 Å². The van der Waals surface area contributed by atoms with Gasteiger partial charge in [0.1, 0.15) is 23.1 Å². The standard InChI is InChI=1S/C22H36O4S2/c23-19-11-7-3-1-4-8-12-20(24)16-28-18-22(26)14-10-6-2-5-9-13-21(25)17-27-15-19/h1-18H2. The fraction of sp³-hybridized carbons (Fsp3) is 0.818. The Hall–Kier alpha value is -0.620. The van der Waals surface area contributed by atoms with Gasteiger partial charge in [0.15, 0.2) is 0 Å². The quantitative estimate of drug-likeness (QED) is 0.528. The molecule has 0 amide bonds. The van der Waals surface area contributed by atoms with Gasteiger partial charge in [-0.25, -0.2) is 0 Å². The van der Waals surface area contributed by atoms with Crippen molar-refractivity contribution in [3.8, 4) is 0 Å². The molecule has 0 aromatic carbocycles. The smallest absolute Gasteiger partial charge is 0.142 e. The highest BCUT2D eigenvalue weighted by Crippen LogP contribution is 2.14. The number of hydrogen-bond acceptors (Lipinski definition) is 6. The van der Waals surface area contributed by atoms with Crippen LogP contribution in [0.2, 0.25) is 0 Å². The van der Waals surface area contributed by atoms with Crippen LogP contribution < -0.4 is 0 Å². The van der Waals surface area contributed by atoms with Crippen molar-refractivity contribution in [3.05, 3.63) is 0 Å². The average molecular weight is 429 g/mol. The van der Waals surface area contributed by atoms with E-state index in [1.165, 1.54) is 23.5 Å². The SMILES string of the molecule is O=C1CCCCCCCC(=O)CSCC(=O)CCCCCCCC(=O)CSC1. The molecule has 0 aromatic heterocycles. The molecule has 0 spiro atoms. The Morgan fingerprint density at radius 3 is 0.821 bits per heavy atom. The van der Waals surface area contributed by atoms with Crippen LogP contribution in [0.25, 0.3) is 0 Å². The summed E-state index contributed by atoms with van der Waals surface area (Å²) in [6.45, 7) is 0. The van der Waals surface area contributed by atoms with Gasteiger partial charge in [-0.15, -0.1) is 23.5 Å². The van der Waals surface area contributed by atoms with E-state index in [4.69, 9.17) is 0 Å². The van der Waals surface area contributed by atoms with Gasteiger partial charge < -0.3 is 0 Å². The molecule has 0 radical (unpaired) electrons. The van der Waals surface area contributed by atoms with Crippen LogP contribution >= 0.6 is 23.5 Å². The summed E-state index contributed by atoms with van der Waals surface area (Å²) in [6, 6.07) is 0. The Morgan fingerprint density at radius 2 is 0.571 bits per heavy atom. The minimum Gasteiger partial charge on any atom is -0.299 e. The van der Waals surface area contributed by atoms with Crippen molar-refractivity contribution in [1.29, 1.82) is 0 Å². The van der Waals surface area contributed by atoms with Crippen molar-refractivity contribution in [2.45, 2.75) is 89.9 Å². The van der Waals surface area contributed by atoms with Crippen LogP contribution in [0.3, 0.4) is 0 Å². The van der Waals surface area contributed by atoms with Gasteiger partial charge in [-0.2, -0.15) is 0 Å². The molecule has 1 aliphatic rings. The maximum atomic E-state index is 11.9. The Labute approximate surface area is 178 Å². The lowest BCUT2D eigenvalue weighted by Crippen LogP contribution is -2.07. The molecular weight excluding hydrogens is 392 g/mol. The minimum atomic E-state index is 0.244. The summed E-state index contributed by atoms with van der Waals surface area (Å²) in [4.78, 5) is 47.4. The molecule has 0 aromatic rings. The molecule has 1 heterocycles. The van der Waals surface area contributed by atoms with Gasteiger partial charge in [-0.3, -0.25) is 19.2 Å². The summed E-state index contributed by atoms with van der Waals surface area (Å²) in [7, 11) is 0. The highest BCUT2D eigenvalue weighted by molar-refractivity contribution is 8.00. The Kier molecular flexibility index (Phi) is 15.7. The van der Waals surface area contributed by atoms with Crippen molar-refractivity contribution in [3.63, 3.8) is 0 Å². The molecule has 1 aliphatic heterocycles. The van der Waals surface area contributed by atoms with E-state index < -0.39 is 0 Å². The molecular formula is C22H36O4S2. The first-order valence-corrected chi connectivity index (χ1v) is 13.1. The lowest BCUT2D eigenvalue weighted by molar-refractivity contribution is -0.117. The van der Waals surface area contributed by atoms with Crippen molar-refractivity contribution in [1.82, 2.24) is 0 Å². The molecule has 4 nitrogen and oxygen atoms in total. The Bertz CT molecular complexity index is 407. The van der Waals surface area contributed by atoms with E-state index >= 15 is 0 Å². The largest absolute Gasteiger partial charge is 0.299 e. The van der Waals surface area contributed by atoms with Gasteiger partial charge in [0, 0.05) is 25.7 Å². The third-order valence-electron chi connectivity index (χ3n) is 4.87. The van der Waals surface area contributed by atoms with Gasteiger partial charge in [-0.1, -0.05) is 38.5 Å². The number of thioether (sulfide) groups is 2. The van der Waals surface area contributed by atoms with E-state index in [1.54, 1.807) is 0 Å². The molecule has 0 bridgehead atoms. The van der Waals surface area contributed by atoms with E-state index in [0.29, 0.717) is 48.7 Å². The average Bonchev–Trinajstić information content (AvgIpc) is 2.65. The number of rotatable bonds is 0. The third-order valence-corrected chi connectivity index (χ3v) is 6.98. The van der Waals surface area contributed by atoms with Crippen LogP contribution in [0.1, 0.15) is 89.9 Å². The summed E-state index contributed by atoms with van der Waals surface area (Å²) >= 11 is 2.91. The van der Waals surface area contributed by atoms with Crippen LogP contribution in [0.4, 0.5) is 0 Å². The van der Waals surface area contributed by atoms with Crippen molar-refractivity contribution in [2.24, 2.45) is 0 Å². The number of carbonyl (C=O) groups is 4. The highest BCUT2D eigenvalue weighted by atomic mass is 32.2. The van der Waals surface area contributed by atoms with Gasteiger partial charge in [0.25, 0.3) is 0 Å². The number of ketones is 4. The van der Waals surface area contributed by atoms with Crippen molar-refractivity contribution in [2.75, 3.05) is 23.0 Å². The predicted molar refractivity (Wildman–Crippen MR) is 119 cm³/mol. The second kappa shape index (κ2) is 17.3. The van der Waals surface area contributed by atoms with Gasteiger partial charge in [0.2, 0.25) is 0 Å².